The van der Waals surface area contributed by atoms with Crippen molar-refractivity contribution < 1.29 is 14.3 Å². The lowest BCUT2D eigenvalue weighted by Gasteiger charge is -2.08. The number of carbonyl (C=O) groups is 1. The standard InChI is InChI=1S/C22H30O3S/c1-8-25-21(23)14-16(3)11-9-10-15(2)12-13-20-17(4)22(18(5)24-7)26-19(20)6/h9-14,18H,8H2,1-7H3/b11-9?,13-12?,15-10?,16-14+. The number of ether oxygens (including phenoxy) is 2. The van der Waals surface area contributed by atoms with Crippen molar-refractivity contribution >= 4 is 23.4 Å². The lowest BCUT2D eigenvalue weighted by molar-refractivity contribution is -0.137. The van der Waals surface area contributed by atoms with Crippen LogP contribution in [-0.4, -0.2) is 19.7 Å². The molecule has 0 aliphatic rings. The van der Waals surface area contributed by atoms with Gasteiger partial charge in [-0.1, -0.05) is 36.0 Å². The Labute approximate surface area is 161 Å². The van der Waals surface area contributed by atoms with Crippen molar-refractivity contribution in [3.63, 3.8) is 0 Å². The summed E-state index contributed by atoms with van der Waals surface area (Å²) < 4.78 is 10.3. The lowest BCUT2D eigenvalue weighted by atomic mass is 10.1. The van der Waals surface area contributed by atoms with E-state index in [1.165, 1.54) is 27.0 Å². The molecule has 0 bridgehead atoms. The van der Waals surface area contributed by atoms with Gasteiger partial charge in [-0.3, -0.25) is 0 Å². The minimum atomic E-state index is -0.306. The average molecular weight is 375 g/mol. The Bertz CT molecular complexity index is 733. The summed E-state index contributed by atoms with van der Waals surface area (Å²) in [6, 6.07) is 0. The van der Waals surface area contributed by atoms with Crippen molar-refractivity contribution in [2.75, 3.05) is 13.7 Å². The normalized spacial score (nSPS) is 14.4. The first-order valence-corrected chi connectivity index (χ1v) is 9.62. The van der Waals surface area contributed by atoms with Crippen molar-refractivity contribution in [3.05, 3.63) is 62.4 Å². The van der Waals surface area contributed by atoms with Crippen LogP contribution in [0.5, 0.6) is 0 Å². The molecule has 0 saturated heterocycles. The zero-order valence-corrected chi connectivity index (χ0v) is 17.7. The third kappa shape index (κ3) is 6.77. The smallest absolute Gasteiger partial charge is 0.330 e. The highest BCUT2D eigenvalue weighted by Gasteiger charge is 2.14. The van der Waals surface area contributed by atoms with E-state index in [0.717, 1.165) is 11.1 Å². The third-order valence-corrected chi connectivity index (χ3v) is 5.39. The van der Waals surface area contributed by atoms with Crippen LogP contribution in [0, 0.1) is 13.8 Å². The van der Waals surface area contributed by atoms with Gasteiger partial charge in [0.05, 0.1) is 12.7 Å². The number of methoxy groups -OCH3 is 1. The van der Waals surface area contributed by atoms with E-state index in [-0.39, 0.29) is 12.1 Å². The zero-order valence-electron chi connectivity index (χ0n) is 16.9. The lowest BCUT2D eigenvalue weighted by Crippen LogP contribution is -1.99. The molecule has 0 saturated carbocycles. The van der Waals surface area contributed by atoms with Crippen LogP contribution in [0.15, 0.2) is 41.5 Å². The van der Waals surface area contributed by atoms with E-state index < -0.39 is 0 Å². The van der Waals surface area contributed by atoms with Crippen LogP contribution in [0.2, 0.25) is 0 Å². The van der Waals surface area contributed by atoms with E-state index in [4.69, 9.17) is 9.47 Å². The van der Waals surface area contributed by atoms with E-state index in [1.54, 1.807) is 25.4 Å². The van der Waals surface area contributed by atoms with E-state index in [2.05, 4.69) is 39.8 Å². The molecular weight excluding hydrogens is 344 g/mol. The molecule has 0 amide bonds. The summed E-state index contributed by atoms with van der Waals surface area (Å²) in [6.07, 6.45) is 11.7. The SMILES string of the molecule is CCOC(=O)/C=C(\C)C=CC=C(C)C=Cc1c(C)sc(C(C)OC)c1C. The number of esters is 1. The Hall–Kier alpha value is -1.91. The highest BCUT2D eigenvalue weighted by Crippen LogP contribution is 2.34. The predicted octanol–water partition coefficient (Wildman–Crippen LogP) is 6.10. The van der Waals surface area contributed by atoms with Crippen LogP contribution >= 0.6 is 11.3 Å². The zero-order chi connectivity index (χ0) is 19.7. The second kappa shape index (κ2) is 10.9. The van der Waals surface area contributed by atoms with Gasteiger partial charge in [-0.2, -0.15) is 0 Å². The topological polar surface area (TPSA) is 35.5 Å². The molecule has 3 nitrogen and oxygen atoms in total. The molecule has 0 aliphatic carbocycles. The maximum absolute atomic E-state index is 11.4. The van der Waals surface area contributed by atoms with Gasteiger partial charge in [0.1, 0.15) is 0 Å². The number of hydrogen-bond donors (Lipinski definition) is 0. The van der Waals surface area contributed by atoms with Gasteiger partial charge >= 0.3 is 5.97 Å². The molecule has 1 aromatic rings. The van der Waals surface area contributed by atoms with Crippen molar-refractivity contribution in [3.8, 4) is 0 Å². The highest BCUT2D eigenvalue weighted by atomic mass is 32.1. The molecule has 1 aromatic heterocycles. The Kier molecular flexibility index (Phi) is 9.31. The number of carbonyl (C=O) groups excluding carboxylic acids is 1. The second-order valence-corrected chi connectivity index (χ2v) is 7.44. The van der Waals surface area contributed by atoms with Crippen molar-refractivity contribution in [1.82, 2.24) is 0 Å². The number of thiophene rings is 1. The highest BCUT2D eigenvalue weighted by molar-refractivity contribution is 7.12. The van der Waals surface area contributed by atoms with Crippen LogP contribution < -0.4 is 0 Å². The Balaban J connectivity index is 2.83. The first-order chi connectivity index (χ1) is 12.3. The minimum absolute atomic E-state index is 0.120. The van der Waals surface area contributed by atoms with Gasteiger partial charge in [0.2, 0.25) is 0 Å². The van der Waals surface area contributed by atoms with Crippen molar-refractivity contribution in [2.45, 2.75) is 47.6 Å². The first-order valence-electron chi connectivity index (χ1n) is 8.80. The Morgan fingerprint density at radius 3 is 2.50 bits per heavy atom. The number of hydrogen-bond acceptors (Lipinski definition) is 4. The van der Waals surface area contributed by atoms with Crippen molar-refractivity contribution in [2.24, 2.45) is 0 Å². The maximum atomic E-state index is 11.4. The van der Waals surface area contributed by atoms with Gasteiger partial charge in [0.25, 0.3) is 0 Å². The van der Waals surface area contributed by atoms with Gasteiger partial charge in [-0.15, -0.1) is 11.3 Å². The fourth-order valence-corrected chi connectivity index (χ4v) is 3.66. The van der Waals surface area contributed by atoms with E-state index in [9.17, 15) is 4.79 Å². The molecular formula is C22H30O3S. The summed E-state index contributed by atoms with van der Waals surface area (Å²) in [4.78, 5) is 14.0. The summed E-state index contributed by atoms with van der Waals surface area (Å²) in [6.45, 7) is 12.5. The summed E-state index contributed by atoms with van der Waals surface area (Å²) in [5.74, 6) is -0.306. The molecule has 0 N–H and O–H groups in total. The first kappa shape index (κ1) is 22.1. The largest absolute Gasteiger partial charge is 0.463 e. The van der Waals surface area contributed by atoms with Gasteiger partial charge < -0.3 is 9.47 Å². The molecule has 1 atom stereocenters. The maximum Gasteiger partial charge on any atom is 0.330 e. The number of rotatable bonds is 8. The molecule has 0 fully saturated rings. The second-order valence-electron chi connectivity index (χ2n) is 6.18. The van der Waals surface area contributed by atoms with E-state index >= 15 is 0 Å². The van der Waals surface area contributed by atoms with Crippen LogP contribution in [-0.2, 0) is 14.3 Å². The monoisotopic (exact) mass is 374 g/mol. The summed E-state index contributed by atoms with van der Waals surface area (Å²) in [5, 5.41) is 0. The molecule has 0 radical (unpaired) electrons. The number of aryl methyl sites for hydroxylation is 1. The molecule has 1 rings (SSSR count). The molecule has 1 unspecified atom stereocenters. The molecule has 0 aliphatic heterocycles. The predicted molar refractivity (Wildman–Crippen MR) is 112 cm³/mol. The molecule has 4 heteroatoms. The Morgan fingerprint density at radius 1 is 1.19 bits per heavy atom. The van der Waals surface area contributed by atoms with E-state index in [1.807, 2.05) is 25.2 Å². The molecule has 26 heavy (non-hydrogen) atoms. The van der Waals surface area contributed by atoms with Crippen LogP contribution in [0.25, 0.3) is 6.08 Å². The van der Waals surface area contributed by atoms with Crippen LogP contribution in [0.4, 0.5) is 0 Å². The van der Waals surface area contributed by atoms with Crippen LogP contribution in [0.1, 0.15) is 54.7 Å². The summed E-state index contributed by atoms with van der Waals surface area (Å²) in [5.41, 5.74) is 4.55. The fraction of sp³-hybridized carbons (Fsp3) is 0.409. The summed E-state index contributed by atoms with van der Waals surface area (Å²) >= 11 is 1.80. The average Bonchev–Trinajstić information content (AvgIpc) is 2.86. The minimum Gasteiger partial charge on any atom is -0.463 e. The molecule has 0 spiro atoms. The van der Waals surface area contributed by atoms with Gasteiger partial charge in [0, 0.05) is 22.9 Å². The van der Waals surface area contributed by atoms with Gasteiger partial charge in [-0.25, -0.2) is 4.79 Å². The molecule has 0 aromatic carbocycles. The fourth-order valence-electron chi connectivity index (χ4n) is 2.47. The van der Waals surface area contributed by atoms with Gasteiger partial charge in [-0.05, 0) is 58.2 Å². The third-order valence-electron chi connectivity index (χ3n) is 4.00. The molecule has 1 heterocycles. The number of allylic oxidation sites excluding steroid dienone is 6. The quantitative estimate of drug-likeness (QED) is 0.313. The van der Waals surface area contributed by atoms with Crippen LogP contribution in [0.3, 0.4) is 0 Å². The van der Waals surface area contributed by atoms with E-state index in [0.29, 0.717) is 6.61 Å². The molecule has 142 valence electrons. The van der Waals surface area contributed by atoms with Crippen molar-refractivity contribution in [1.29, 1.82) is 0 Å². The summed E-state index contributed by atoms with van der Waals surface area (Å²) in [7, 11) is 1.74. The van der Waals surface area contributed by atoms with Gasteiger partial charge in [0.15, 0.2) is 0 Å². The Morgan fingerprint density at radius 2 is 1.88 bits per heavy atom.